The van der Waals surface area contributed by atoms with Crippen LogP contribution in [0.25, 0.3) is 0 Å². The lowest BCUT2D eigenvalue weighted by Crippen LogP contribution is -2.17. The van der Waals surface area contributed by atoms with E-state index in [1.165, 1.54) is 5.56 Å². The zero-order valence-electron chi connectivity index (χ0n) is 10.8. The molecule has 2 N–H and O–H groups in total. The van der Waals surface area contributed by atoms with E-state index in [1.54, 1.807) is 6.20 Å². The molecule has 1 aliphatic heterocycles. The largest absolute Gasteiger partial charge is 0.493 e. The zero-order valence-corrected chi connectivity index (χ0v) is 12.4. The highest BCUT2D eigenvalue weighted by Gasteiger charge is 2.20. The van der Waals surface area contributed by atoms with Crippen molar-refractivity contribution in [2.75, 3.05) is 6.61 Å². The molecule has 2 aromatic rings. The normalized spacial score (nSPS) is 15.1. The van der Waals surface area contributed by atoms with Crippen molar-refractivity contribution >= 4 is 15.9 Å². The number of aromatic nitrogens is 2. The van der Waals surface area contributed by atoms with Gasteiger partial charge in [-0.2, -0.15) is 5.10 Å². The molecule has 100 valence electrons. The lowest BCUT2D eigenvalue weighted by Gasteiger charge is -2.15. The van der Waals surface area contributed by atoms with Gasteiger partial charge in [0.2, 0.25) is 0 Å². The smallest absolute Gasteiger partial charge is 0.122 e. The van der Waals surface area contributed by atoms with Crippen LogP contribution in [0.2, 0.25) is 0 Å². The van der Waals surface area contributed by atoms with Gasteiger partial charge in [-0.15, -0.1) is 0 Å². The van der Waals surface area contributed by atoms with E-state index in [9.17, 15) is 0 Å². The van der Waals surface area contributed by atoms with Crippen LogP contribution >= 0.6 is 15.9 Å². The Morgan fingerprint density at radius 3 is 3.16 bits per heavy atom. The van der Waals surface area contributed by atoms with Crippen LogP contribution in [0.15, 0.2) is 28.9 Å². The Labute approximate surface area is 120 Å². The molecule has 4 nitrogen and oxygen atoms in total. The van der Waals surface area contributed by atoms with E-state index in [2.05, 4.69) is 34.0 Å². The number of aryl methyl sites for hydroxylation is 1. The Balaban J connectivity index is 1.99. The molecule has 1 aromatic heterocycles. The number of ether oxygens (including phenoxy) is 1. The molecule has 5 heteroatoms. The first kappa shape index (κ1) is 12.7. The fourth-order valence-electron chi connectivity index (χ4n) is 2.49. The third-order valence-electron chi connectivity index (χ3n) is 3.50. The molecule has 3 rings (SSSR count). The summed E-state index contributed by atoms with van der Waals surface area (Å²) < 4.78 is 8.41. The van der Waals surface area contributed by atoms with Crippen molar-refractivity contribution in [1.82, 2.24) is 9.78 Å². The lowest BCUT2D eigenvalue weighted by atomic mass is 10.0. The van der Waals surface area contributed by atoms with E-state index in [1.807, 2.05) is 16.8 Å². The van der Waals surface area contributed by atoms with Crippen LogP contribution in [-0.2, 0) is 13.0 Å². The van der Waals surface area contributed by atoms with Crippen LogP contribution in [0, 0.1) is 0 Å². The number of nitrogens with two attached hydrogens (primary N) is 1. The van der Waals surface area contributed by atoms with Crippen molar-refractivity contribution in [1.29, 1.82) is 0 Å². The van der Waals surface area contributed by atoms with Gasteiger partial charge in [0.05, 0.1) is 29.0 Å². The molecule has 1 aliphatic rings. The van der Waals surface area contributed by atoms with Crippen molar-refractivity contribution in [3.63, 3.8) is 0 Å². The minimum absolute atomic E-state index is 0.178. The van der Waals surface area contributed by atoms with Crippen LogP contribution in [0.5, 0.6) is 5.75 Å². The van der Waals surface area contributed by atoms with E-state index in [-0.39, 0.29) is 6.04 Å². The van der Waals surface area contributed by atoms with Gasteiger partial charge in [0.15, 0.2) is 0 Å². The second-order valence-electron chi connectivity index (χ2n) is 4.64. The van der Waals surface area contributed by atoms with Gasteiger partial charge in [0, 0.05) is 13.0 Å². The molecular weight excluding hydrogens is 306 g/mol. The van der Waals surface area contributed by atoms with Gasteiger partial charge in [-0.1, -0.05) is 12.1 Å². The molecule has 0 fully saturated rings. The van der Waals surface area contributed by atoms with Gasteiger partial charge >= 0.3 is 0 Å². The first-order valence-corrected chi connectivity index (χ1v) is 7.22. The Hall–Kier alpha value is -1.33. The third-order valence-corrected chi connectivity index (χ3v) is 4.11. The highest BCUT2D eigenvalue weighted by atomic mass is 79.9. The monoisotopic (exact) mass is 321 g/mol. The van der Waals surface area contributed by atoms with E-state index in [4.69, 9.17) is 10.5 Å². The number of fused-ring (bicyclic) bond motifs is 1. The summed E-state index contributed by atoms with van der Waals surface area (Å²) in [5, 5.41) is 4.32. The van der Waals surface area contributed by atoms with Gasteiger partial charge in [-0.25, -0.2) is 0 Å². The van der Waals surface area contributed by atoms with Crippen LogP contribution in [0.3, 0.4) is 0 Å². The maximum Gasteiger partial charge on any atom is 0.122 e. The number of hydrogen-bond donors (Lipinski definition) is 1. The van der Waals surface area contributed by atoms with Crippen LogP contribution < -0.4 is 10.5 Å². The van der Waals surface area contributed by atoms with Crippen LogP contribution in [0.1, 0.15) is 29.8 Å². The minimum atomic E-state index is -0.178. The fraction of sp³-hybridized carbons (Fsp3) is 0.357. The second-order valence-corrected chi connectivity index (χ2v) is 5.49. The Morgan fingerprint density at radius 1 is 1.53 bits per heavy atom. The number of rotatable bonds is 3. The molecule has 0 aliphatic carbocycles. The van der Waals surface area contributed by atoms with Gasteiger partial charge in [-0.05, 0) is 40.0 Å². The number of nitrogens with zero attached hydrogens (tertiary/aromatic N) is 2. The summed E-state index contributed by atoms with van der Waals surface area (Å²) >= 11 is 3.53. The van der Waals surface area contributed by atoms with Crippen molar-refractivity contribution in [2.45, 2.75) is 25.9 Å². The molecule has 0 saturated heterocycles. The van der Waals surface area contributed by atoms with Gasteiger partial charge < -0.3 is 10.5 Å². The van der Waals surface area contributed by atoms with Gasteiger partial charge in [0.1, 0.15) is 5.75 Å². The summed E-state index contributed by atoms with van der Waals surface area (Å²) in [6.45, 7) is 3.64. The Kier molecular flexibility index (Phi) is 3.33. The number of benzene rings is 1. The standard InChI is InChI=1S/C14H16BrN3O/c1-2-18-14(11(15)8-17-18)13(16)10-3-4-12-9(7-10)5-6-19-12/h3-4,7-8,13H,2,5-6,16H2,1H3. The van der Waals surface area contributed by atoms with Crippen LogP contribution in [-0.4, -0.2) is 16.4 Å². The molecule has 2 heterocycles. The maximum atomic E-state index is 6.40. The van der Waals surface area contributed by atoms with Crippen molar-refractivity contribution in [3.8, 4) is 5.75 Å². The molecule has 0 spiro atoms. The fourth-order valence-corrected chi connectivity index (χ4v) is 3.03. The number of halogens is 1. The lowest BCUT2D eigenvalue weighted by molar-refractivity contribution is 0.357. The average Bonchev–Trinajstić information content (AvgIpc) is 3.02. The molecular formula is C14H16BrN3O. The minimum Gasteiger partial charge on any atom is -0.493 e. The molecule has 0 bridgehead atoms. The highest BCUT2D eigenvalue weighted by Crippen LogP contribution is 2.31. The van der Waals surface area contributed by atoms with E-state index in [0.717, 1.165) is 41.1 Å². The molecule has 0 saturated carbocycles. The first-order valence-electron chi connectivity index (χ1n) is 6.43. The average molecular weight is 322 g/mol. The quantitative estimate of drug-likeness (QED) is 0.945. The predicted molar refractivity (Wildman–Crippen MR) is 77.3 cm³/mol. The summed E-state index contributed by atoms with van der Waals surface area (Å²) in [6, 6.07) is 6.02. The van der Waals surface area contributed by atoms with Crippen molar-refractivity contribution in [2.24, 2.45) is 5.73 Å². The van der Waals surface area contributed by atoms with E-state index in [0.29, 0.717) is 0 Å². The van der Waals surface area contributed by atoms with Crippen molar-refractivity contribution in [3.05, 3.63) is 45.7 Å². The molecule has 0 radical (unpaired) electrons. The maximum absolute atomic E-state index is 6.40. The number of hydrogen-bond acceptors (Lipinski definition) is 3. The van der Waals surface area contributed by atoms with E-state index < -0.39 is 0 Å². The molecule has 0 amide bonds. The summed E-state index contributed by atoms with van der Waals surface area (Å²) in [4.78, 5) is 0. The molecule has 19 heavy (non-hydrogen) atoms. The van der Waals surface area contributed by atoms with Crippen LogP contribution in [0.4, 0.5) is 0 Å². The third kappa shape index (κ3) is 2.17. The van der Waals surface area contributed by atoms with Gasteiger partial charge in [0.25, 0.3) is 0 Å². The predicted octanol–water partition coefficient (Wildman–Crippen LogP) is 2.65. The second kappa shape index (κ2) is 4.98. The summed E-state index contributed by atoms with van der Waals surface area (Å²) in [6.07, 6.45) is 2.76. The van der Waals surface area contributed by atoms with Crippen molar-refractivity contribution < 1.29 is 4.74 Å². The summed E-state index contributed by atoms with van der Waals surface area (Å²) in [5.74, 6) is 0.985. The molecule has 1 atom stereocenters. The Bertz CT molecular complexity index is 609. The summed E-state index contributed by atoms with van der Waals surface area (Å²) in [7, 11) is 0. The Morgan fingerprint density at radius 2 is 2.37 bits per heavy atom. The summed E-state index contributed by atoms with van der Waals surface area (Å²) in [5.41, 5.74) is 9.76. The zero-order chi connectivity index (χ0) is 13.4. The van der Waals surface area contributed by atoms with Gasteiger partial charge in [-0.3, -0.25) is 4.68 Å². The molecule has 1 aromatic carbocycles. The highest BCUT2D eigenvalue weighted by molar-refractivity contribution is 9.10. The molecule has 1 unspecified atom stereocenters. The van der Waals surface area contributed by atoms with E-state index >= 15 is 0 Å². The SMILES string of the molecule is CCn1ncc(Br)c1C(N)c1ccc2c(c1)CCO2. The topological polar surface area (TPSA) is 53.1 Å². The first-order chi connectivity index (χ1) is 9.20.